The van der Waals surface area contributed by atoms with Gasteiger partial charge < -0.3 is 5.11 Å². The molecule has 3 nitrogen and oxygen atoms in total. The zero-order chi connectivity index (χ0) is 23.2. The molecule has 1 aliphatic rings. The number of allylic oxidation sites excluding steroid dienone is 2. The molecule has 2 rings (SSSR count). The van der Waals surface area contributed by atoms with Crippen molar-refractivity contribution < 1.29 is 5.11 Å². The van der Waals surface area contributed by atoms with Gasteiger partial charge in [-0.1, -0.05) is 76.1 Å². The van der Waals surface area contributed by atoms with Gasteiger partial charge in [-0.2, -0.15) is 0 Å². The summed E-state index contributed by atoms with van der Waals surface area (Å²) in [6.07, 6.45) is 15.2. The second-order valence-corrected chi connectivity index (χ2v) is 9.31. The highest BCUT2D eigenvalue weighted by atomic mass is 16.3. The van der Waals surface area contributed by atoms with Crippen molar-refractivity contribution in [2.45, 2.75) is 78.7 Å². The Morgan fingerprint density at radius 2 is 1.91 bits per heavy atom. The molecule has 32 heavy (non-hydrogen) atoms. The molecule has 0 fully saturated rings. The first-order chi connectivity index (χ1) is 15.7. The fourth-order valence-electron chi connectivity index (χ4n) is 5.48. The van der Waals surface area contributed by atoms with E-state index in [1.807, 2.05) is 0 Å². The molecule has 1 aromatic carbocycles. The maximum atomic E-state index is 9.61. The van der Waals surface area contributed by atoms with Crippen molar-refractivity contribution >= 4 is 0 Å². The van der Waals surface area contributed by atoms with E-state index < -0.39 is 0 Å². The van der Waals surface area contributed by atoms with Gasteiger partial charge in [0.25, 0.3) is 0 Å². The summed E-state index contributed by atoms with van der Waals surface area (Å²) < 4.78 is 0. The van der Waals surface area contributed by atoms with E-state index in [4.69, 9.17) is 0 Å². The van der Waals surface area contributed by atoms with Crippen LogP contribution in [0.15, 0.2) is 48.1 Å². The number of hydrogen-bond donors (Lipinski definition) is 1. The molecule has 1 aromatic rings. The Hall–Kier alpha value is -1.42. The lowest BCUT2D eigenvalue weighted by atomic mass is 9.80. The molecule has 0 aromatic heterocycles. The summed E-state index contributed by atoms with van der Waals surface area (Å²) in [5.74, 6) is 0.744. The normalized spacial score (nSPS) is 17.6. The Kier molecular flexibility index (Phi) is 12.9. The highest BCUT2D eigenvalue weighted by Gasteiger charge is 2.32. The van der Waals surface area contributed by atoms with Crippen molar-refractivity contribution in [3.8, 4) is 0 Å². The van der Waals surface area contributed by atoms with Gasteiger partial charge in [-0.05, 0) is 74.7 Å². The van der Waals surface area contributed by atoms with Crippen LogP contribution in [0, 0.1) is 5.92 Å². The van der Waals surface area contributed by atoms with Gasteiger partial charge in [-0.25, -0.2) is 0 Å². The molecule has 1 unspecified atom stereocenters. The molecule has 1 N–H and O–H groups in total. The maximum Gasteiger partial charge on any atom is 0.0558 e. The smallest absolute Gasteiger partial charge is 0.0558 e. The van der Waals surface area contributed by atoms with Gasteiger partial charge in [-0.15, -0.1) is 0 Å². The third kappa shape index (κ3) is 8.17. The third-order valence-electron chi connectivity index (χ3n) is 6.79. The Bertz CT molecular complexity index is 690. The van der Waals surface area contributed by atoms with Gasteiger partial charge in [0.15, 0.2) is 0 Å². The Morgan fingerprint density at radius 3 is 2.56 bits per heavy atom. The van der Waals surface area contributed by atoms with E-state index in [-0.39, 0.29) is 6.61 Å². The van der Waals surface area contributed by atoms with E-state index in [1.54, 1.807) is 11.1 Å². The van der Waals surface area contributed by atoms with Crippen molar-refractivity contribution in [1.29, 1.82) is 0 Å². The number of rotatable bonds is 15. The topological polar surface area (TPSA) is 26.7 Å². The predicted molar refractivity (Wildman–Crippen MR) is 139 cm³/mol. The van der Waals surface area contributed by atoms with Crippen molar-refractivity contribution in [3.63, 3.8) is 0 Å². The molecule has 3 heteroatoms. The lowest BCUT2D eigenvalue weighted by molar-refractivity contribution is 0.110. The summed E-state index contributed by atoms with van der Waals surface area (Å²) >= 11 is 0. The number of hydrogen-bond acceptors (Lipinski definition) is 3. The number of fused-ring (bicyclic) bond motifs is 1. The second kappa shape index (κ2) is 15.4. The van der Waals surface area contributed by atoms with Gasteiger partial charge in [0.05, 0.1) is 6.61 Å². The van der Waals surface area contributed by atoms with Gasteiger partial charge in [0.2, 0.25) is 0 Å². The third-order valence-corrected chi connectivity index (χ3v) is 6.79. The lowest BCUT2D eigenvalue weighted by Crippen LogP contribution is -2.41. The van der Waals surface area contributed by atoms with Gasteiger partial charge in [-0.3, -0.25) is 9.80 Å². The summed E-state index contributed by atoms with van der Waals surface area (Å²) in [4.78, 5) is 5.20. The summed E-state index contributed by atoms with van der Waals surface area (Å²) in [5, 5.41) is 9.61. The van der Waals surface area contributed by atoms with Gasteiger partial charge in [0, 0.05) is 25.7 Å². The molecule has 0 saturated carbocycles. The first-order valence-corrected chi connectivity index (χ1v) is 13.1. The first kappa shape index (κ1) is 26.8. The van der Waals surface area contributed by atoms with Crippen LogP contribution in [0.5, 0.6) is 0 Å². The average molecular weight is 441 g/mol. The SMILES string of the molecule is C/C=C\C(=C/CC)CN(CCO)CCCN1CCc2ccccc2C1C(CCC)CCC. The number of aliphatic hydroxyl groups excluding tert-OH is 1. The molecule has 1 atom stereocenters. The minimum Gasteiger partial charge on any atom is -0.395 e. The van der Waals surface area contributed by atoms with E-state index in [9.17, 15) is 5.11 Å². The molecule has 180 valence electrons. The fraction of sp³-hybridized carbons (Fsp3) is 0.655. The van der Waals surface area contributed by atoms with E-state index in [1.165, 1.54) is 44.2 Å². The fourth-order valence-corrected chi connectivity index (χ4v) is 5.48. The highest BCUT2D eigenvalue weighted by Crippen LogP contribution is 2.39. The summed E-state index contributed by atoms with van der Waals surface area (Å²) in [5.41, 5.74) is 4.51. The molecular weight excluding hydrogens is 392 g/mol. The molecule has 1 heterocycles. The zero-order valence-electron chi connectivity index (χ0n) is 21.2. The molecule has 0 spiro atoms. The number of aliphatic hydroxyl groups is 1. The molecule has 1 aliphatic heterocycles. The molecular formula is C29H48N2O. The number of benzene rings is 1. The summed E-state index contributed by atoms with van der Waals surface area (Å²) in [7, 11) is 0. The van der Waals surface area contributed by atoms with Crippen molar-refractivity contribution in [2.75, 3.05) is 39.3 Å². The molecule has 0 bridgehead atoms. The van der Waals surface area contributed by atoms with Crippen LogP contribution in [0.4, 0.5) is 0 Å². The first-order valence-electron chi connectivity index (χ1n) is 13.1. The van der Waals surface area contributed by atoms with Crippen molar-refractivity contribution in [1.82, 2.24) is 9.80 Å². The van der Waals surface area contributed by atoms with Gasteiger partial charge in [0.1, 0.15) is 0 Å². The van der Waals surface area contributed by atoms with Crippen LogP contribution in [0.2, 0.25) is 0 Å². The maximum absolute atomic E-state index is 9.61. The lowest BCUT2D eigenvalue weighted by Gasteiger charge is -2.42. The van der Waals surface area contributed by atoms with E-state index in [0.29, 0.717) is 6.04 Å². The molecule has 0 aliphatic carbocycles. The minimum absolute atomic E-state index is 0.226. The Labute approximate surface area is 198 Å². The average Bonchev–Trinajstić information content (AvgIpc) is 2.79. The largest absolute Gasteiger partial charge is 0.395 e. The van der Waals surface area contributed by atoms with Gasteiger partial charge >= 0.3 is 0 Å². The molecule has 0 amide bonds. The van der Waals surface area contributed by atoms with Crippen LogP contribution in [-0.4, -0.2) is 54.2 Å². The van der Waals surface area contributed by atoms with E-state index in [2.05, 4.69) is 80.0 Å². The predicted octanol–water partition coefficient (Wildman–Crippen LogP) is 6.40. The summed E-state index contributed by atoms with van der Waals surface area (Å²) in [6, 6.07) is 9.74. The highest BCUT2D eigenvalue weighted by molar-refractivity contribution is 5.33. The van der Waals surface area contributed by atoms with Crippen LogP contribution in [-0.2, 0) is 6.42 Å². The summed E-state index contributed by atoms with van der Waals surface area (Å²) in [6.45, 7) is 14.2. The van der Waals surface area contributed by atoms with Crippen LogP contribution >= 0.6 is 0 Å². The Morgan fingerprint density at radius 1 is 1.16 bits per heavy atom. The van der Waals surface area contributed by atoms with Crippen LogP contribution in [0.25, 0.3) is 0 Å². The van der Waals surface area contributed by atoms with E-state index in [0.717, 1.165) is 44.9 Å². The number of nitrogens with zero attached hydrogens (tertiary/aromatic N) is 2. The van der Waals surface area contributed by atoms with Crippen molar-refractivity contribution in [2.24, 2.45) is 5.92 Å². The van der Waals surface area contributed by atoms with Crippen LogP contribution < -0.4 is 0 Å². The van der Waals surface area contributed by atoms with Crippen LogP contribution in [0.1, 0.15) is 83.4 Å². The quantitative estimate of drug-likeness (QED) is 0.320. The Balaban J connectivity index is 2.08. The standard InChI is InChI=1S/C29H48N2O/c1-5-12-25(13-6-2)24-30(22-23-32)19-11-20-31-21-18-26-16-9-10-17-28(26)29(31)27(14-7-3)15-8-4/h5,9-10,12-13,16-17,27,29,32H,6-8,11,14-15,18-24H2,1-4H3/b12-5-,25-13+. The molecule has 0 radical (unpaired) electrons. The monoisotopic (exact) mass is 440 g/mol. The van der Waals surface area contributed by atoms with Crippen LogP contribution in [0.3, 0.4) is 0 Å². The van der Waals surface area contributed by atoms with E-state index >= 15 is 0 Å². The van der Waals surface area contributed by atoms with Crippen molar-refractivity contribution in [3.05, 3.63) is 59.2 Å². The second-order valence-electron chi connectivity index (χ2n) is 9.31. The molecule has 0 saturated heterocycles. The minimum atomic E-state index is 0.226. The zero-order valence-corrected chi connectivity index (χ0v) is 21.2.